The first-order chi connectivity index (χ1) is 10.5. The fourth-order valence-corrected chi connectivity index (χ4v) is 2.53. The lowest BCUT2D eigenvalue weighted by molar-refractivity contribution is -0.141. The monoisotopic (exact) mass is 301 g/mol. The van der Waals surface area contributed by atoms with Crippen LogP contribution in [0.2, 0.25) is 0 Å². The Balaban J connectivity index is 2.10. The second-order valence-electron chi connectivity index (χ2n) is 5.40. The van der Waals surface area contributed by atoms with E-state index in [2.05, 4.69) is 10.2 Å². The van der Waals surface area contributed by atoms with Crippen LogP contribution in [0.15, 0.2) is 29.1 Å². The van der Waals surface area contributed by atoms with Crippen LogP contribution in [0, 0.1) is 0 Å². The maximum absolute atomic E-state index is 12.8. The summed E-state index contributed by atoms with van der Waals surface area (Å²) in [5, 5.41) is 16.2. The SMILES string of the molecule is CC(C(=O)O)N(C(=O)c1n[nH]c(=O)c2ccccc12)C1CC1. The molecule has 1 atom stereocenters. The molecule has 7 nitrogen and oxygen atoms in total. The molecule has 0 aliphatic heterocycles. The van der Waals surface area contributed by atoms with E-state index in [0.717, 1.165) is 12.8 Å². The molecule has 1 aromatic carbocycles. The van der Waals surface area contributed by atoms with Gasteiger partial charge in [-0.15, -0.1) is 0 Å². The minimum Gasteiger partial charge on any atom is -0.480 e. The van der Waals surface area contributed by atoms with Crippen molar-refractivity contribution in [1.29, 1.82) is 0 Å². The van der Waals surface area contributed by atoms with Crippen molar-refractivity contribution in [2.24, 2.45) is 0 Å². The number of benzene rings is 1. The number of hydrogen-bond acceptors (Lipinski definition) is 4. The Morgan fingerprint density at radius 1 is 1.32 bits per heavy atom. The smallest absolute Gasteiger partial charge is 0.326 e. The third-order valence-corrected chi connectivity index (χ3v) is 3.85. The van der Waals surface area contributed by atoms with Crippen molar-refractivity contribution in [2.45, 2.75) is 31.8 Å². The van der Waals surface area contributed by atoms with Gasteiger partial charge in [0.05, 0.1) is 5.39 Å². The number of rotatable bonds is 4. The van der Waals surface area contributed by atoms with Gasteiger partial charge in [0, 0.05) is 11.4 Å². The number of carboxylic acid groups (broad SMARTS) is 1. The predicted molar refractivity (Wildman–Crippen MR) is 78.7 cm³/mol. The highest BCUT2D eigenvalue weighted by atomic mass is 16.4. The molecule has 1 fully saturated rings. The first-order valence-corrected chi connectivity index (χ1v) is 7.03. The number of hydrogen-bond donors (Lipinski definition) is 2. The Morgan fingerprint density at radius 3 is 2.55 bits per heavy atom. The molecule has 1 amide bonds. The molecular weight excluding hydrogens is 286 g/mol. The fourth-order valence-electron chi connectivity index (χ4n) is 2.53. The Labute approximate surface area is 125 Å². The number of carbonyl (C=O) groups excluding carboxylic acids is 1. The lowest BCUT2D eigenvalue weighted by Crippen LogP contribution is -2.45. The van der Waals surface area contributed by atoms with Gasteiger partial charge in [0.1, 0.15) is 6.04 Å². The molecular formula is C15H15N3O4. The zero-order chi connectivity index (χ0) is 15.9. The molecule has 0 bridgehead atoms. The van der Waals surface area contributed by atoms with Gasteiger partial charge in [0.2, 0.25) is 0 Å². The molecule has 3 rings (SSSR count). The lowest BCUT2D eigenvalue weighted by Gasteiger charge is -2.26. The number of carboxylic acids is 1. The zero-order valence-corrected chi connectivity index (χ0v) is 11.9. The highest BCUT2D eigenvalue weighted by molar-refractivity contribution is 6.05. The molecule has 7 heteroatoms. The molecule has 0 radical (unpaired) electrons. The Bertz CT molecular complexity index is 810. The fraction of sp³-hybridized carbons (Fsp3) is 0.333. The van der Waals surface area contributed by atoms with E-state index in [-0.39, 0.29) is 17.3 Å². The van der Waals surface area contributed by atoms with E-state index in [1.165, 1.54) is 11.8 Å². The van der Waals surface area contributed by atoms with Gasteiger partial charge in [0.25, 0.3) is 11.5 Å². The van der Waals surface area contributed by atoms with E-state index >= 15 is 0 Å². The summed E-state index contributed by atoms with van der Waals surface area (Å²) in [6.45, 7) is 1.48. The maximum atomic E-state index is 12.8. The van der Waals surface area contributed by atoms with Gasteiger partial charge in [-0.1, -0.05) is 18.2 Å². The van der Waals surface area contributed by atoms with E-state index in [9.17, 15) is 19.5 Å². The van der Waals surface area contributed by atoms with E-state index in [1.54, 1.807) is 24.3 Å². The highest BCUT2D eigenvalue weighted by Gasteiger charge is 2.39. The molecule has 0 saturated heterocycles. The van der Waals surface area contributed by atoms with Crippen molar-refractivity contribution in [3.63, 3.8) is 0 Å². The van der Waals surface area contributed by atoms with Gasteiger partial charge in [-0.25, -0.2) is 9.89 Å². The van der Waals surface area contributed by atoms with Gasteiger partial charge >= 0.3 is 5.97 Å². The van der Waals surface area contributed by atoms with Gasteiger partial charge in [-0.05, 0) is 25.8 Å². The molecule has 114 valence electrons. The second-order valence-corrected chi connectivity index (χ2v) is 5.40. The molecule has 1 saturated carbocycles. The van der Waals surface area contributed by atoms with Crippen LogP contribution in [-0.2, 0) is 4.79 Å². The lowest BCUT2D eigenvalue weighted by atomic mass is 10.1. The third-order valence-electron chi connectivity index (χ3n) is 3.85. The summed E-state index contributed by atoms with van der Waals surface area (Å²) in [7, 11) is 0. The molecule has 22 heavy (non-hydrogen) atoms. The summed E-state index contributed by atoms with van der Waals surface area (Å²) in [6, 6.07) is 5.64. The number of amides is 1. The quantitative estimate of drug-likeness (QED) is 0.877. The van der Waals surface area contributed by atoms with E-state index in [0.29, 0.717) is 10.8 Å². The first-order valence-electron chi connectivity index (χ1n) is 7.03. The molecule has 2 aromatic rings. The van der Waals surface area contributed by atoms with Crippen molar-refractivity contribution < 1.29 is 14.7 Å². The van der Waals surface area contributed by atoms with Crippen LogP contribution >= 0.6 is 0 Å². The number of nitrogens with zero attached hydrogens (tertiary/aromatic N) is 2. The number of aromatic amines is 1. The summed E-state index contributed by atoms with van der Waals surface area (Å²) in [5.41, 5.74) is -0.299. The van der Waals surface area contributed by atoms with E-state index in [1.807, 2.05) is 0 Å². The van der Waals surface area contributed by atoms with Crippen LogP contribution in [0.1, 0.15) is 30.3 Å². The van der Waals surface area contributed by atoms with E-state index < -0.39 is 17.9 Å². The molecule has 1 heterocycles. The summed E-state index contributed by atoms with van der Waals surface area (Å²) in [4.78, 5) is 37.1. The normalized spacial score (nSPS) is 15.5. The van der Waals surface area contributed by atoms with Gasteiger partial charge in [-0.2, -0.15) is 5.10 Å². The third kappa shape index (κ3) is 2.34. The second kappa shape index (κ2) is 5.25. The number of fused-ring (bicyclic) bond motifs is 1. The van der Waals surface area contributed by atoms with Crippen molar-refractivity contribution >= 4 is 22.6 Å². The van der Waals surface area contributed by atoms with Crippen molar-refractivity contribution in [1.82, 2.24) is 15.1 Å². The Hall–Kier alpha value is -2.70. The molecule has 0 spiro atoms. The van der Waals surface area contributed by atoms with Gasteiger partial charge in [0.15, 0.2) is 5.69 Å². The molecule has 1 unspecified atom stereocenters. The average Bonchev–Trinajstić information content (AvgIpc) is 3.32. The van der Waals surface area contributed by atoms with Crippen LogP contribution < -0.4 is 5.56 Å². The van der Waals surface area contributed by atoms with Crippen LogP contribution in [0.4, 0.5) is 0 Å². The predicted octanol–water partition coefficient (Wildman–Crippen LogP) is 1.00. The minimum atomic E-state index is -1.06. The average molecular weight is 301 g/mol. The zero-order valence-electron chi connectivity index (χ0n) is 11.9. The number of H-pyrrole nitrogens is 1. The van der Waals surface area contributed by atoms with E-state index in [4.69, 9.17) is 0 Å². The standard InChI is InChI=1S/C15H15N3O4/c1-8(15(21)22)18(9-6-7-9)14(20)12-10-4-2-3-5-11(10)13(19)17-16-12/h2-5,8-9H,6-7H2,1H3,(H,17,19)(H,21,22). The van der Waals surface area contributed by atoms with Crippen molar-refractivity contribution in [3.05, 3.63) is 40.3 Å². The largest absolute Gasteiger partial charge is 0.480 e. The van der Waals surface area contributed by atoms with Crippen LogP contribution in [0.5, 0.6) is 0 Å². The highest BCUT2D eigenvalue weighted by Crippen LogP contribution is 2.30. The van der Waals surface area contributed by atoms with Crippen LogP contribution in [0.25, 0.3) is 10.8 Å². The van der Waals surface area contributed by atoms with Crippen LogP contribution in [-0.4, -0.2) is 44.2 Å². The number of nitrogens with one attached hydrogen (secondary N) is 1. The summed E-state index contributed by atoms with van der Waals surface area (Å²) < 4.78 is 0. The minimum absolute atomic E-state index is 0.0777. The Morgan fingerprint density at radius 2 is 1.95 bits per heavy atom. The van der Waals surface area contributed by atoms with Gasteiger partial charge in [-0.3, -0.25) is 9.59 Å². The summed E-state index contributed by atoms with van der Waals surface area (Å²) in [6.07, 6.45) is 1.56. The topological polar surface area (TPSA) is 103 Å². The van der Waals surface area contributed by atoms with Crippen molar-refractivity contribution in [3.8, 4) is 0 Å². The molecule has 1 aliphatic carbocycles. The summed E-state index contributed by atoms with van der Waals surface area (Å²) >= 11 is 0. The number of aromatic nitrogens is 2. The Kier molecular flexibility index (Phi) is 3.40. The first kappa shape index (κ1) is 14.2. The van der Waals surface area contributed by atoms with Crippen molar-refractivity contribution in [2.75, 3.05) is 0 Å². The molecule has 1 aliphatic rings. The number of carbonyl (C=O) groups is 2. The summed E-state index contributed by atoms with van der Waals surface area (Å²) in [5.74, 6) is -1.53. The van der Waals surface area contributed by atoms with Crippen LogP contribution in [0.3, 0.4) is 0 Å². The molecule has 1 aromatic heterocycles. The number of aliphatic carboxylic acids is 1. The van der Waals surface area contributed by atoms with Gasteiger partial charge < -0.3 is 10.0 Å². The maximum Gasteiger partial charge on any atom is 0.326 e. The molecule has 2 N–H and O–H groups in total.